The van der Waals surface area contributed by atoms with Crippen LogP contribution in [0.4, 0.5) is 11.4 Å². The van der Waals surface area contributed by atoms with E-state index in [1.165, 1.54) is 16.7 Å². The number of amides is 2. The summed E-state index contributed by atoms with van der Waals surface area (Å²) >= 11 is 7.32. The maximum absolute atomic E-state index is 15.3. The Hall–Kier alpha value is -6.50. The highest BCUT2D eigenvalue weighted by Crippen LogP contribution is 2.65. The molecule has 2 bridgehead atoms. The average molecular weight is 807 g/mol. The molecule has 3 atom stereocenters. The van der Waals surface area contributed by atoms with Crippen molar-refractivity contribution in [2.45, 2.75) is 31.2 Å². The maximum Gasteiger partial charge on any atom is 0.338 e. The van der Waals surface area contributed by atoms with Crippen molar-refractivity contribution in [1.82, 2.24) is 4.57 Å². The summed E-state index contributed by atoms with van der Waals surface area (Å²) in [4.78, 5) is 76.8. The van der Waals surface area contributed by atoms with Crippen molar-refractivity contribution in [3.05, 3.63) is 183 Å². The Kier molecular flexibility index (Phi) is 8.05. The van der Waals surface area contributed by atoms with Crippen LogP contribution in [0.3, 0.4) is 0 Å². The minimum atomic E-state index is -1.37. The molecule has 11 nitrogen and oxygen atoms in total. The number of rotatable bonds is 6. The molecule has 5 aromatic carbocycles. The van der Waals surface area contributed by atoms with E-state index < -0.39 is 63.2 Å². The SMILES string of the molecule is CCOC(=O)C1=C(C)N=c2s/c(=C/C34c5ccccc5C(c5ccccc53)[C@@H]3C(=O)N(c5ccc(Cl)cc5[N+](=O)[O-])C(=O)[C@H]34)c(=O)n2[C@H]1c1cccc2ccccc12. The third kappa shape index (κ3) is 4.82. The molecule has 5 aliphatic rings. The molecule has 0 saturated carbocycles. The first kappa shape index (κ1) is 35.9. The Bertz CT molecular complexity index is 3030. The summed E-state index contributed by atoms with van der Waals surface area (Å²) in [5.74, 6) is -4.34. The van der Waals surface area contributed by atoms with Gasteiger partial charge in [0.25, 0.3) is 11.2 Å². The second-order valence-corrected chi connectivity index (χ2v) is 16.2. The molecular formula is C45H31ClN4O7S. The largest absolute Gasteiger partial charge is 0.463 e. The topological polar surface area (TPSA) is 141 Å². The van der Waals surface area contributed by atoms with E-state index in [1.807, 2.05) is 91.0 Å². The molecule has 2 amide bonds. The maximum atomic E-state index is 15.3. The molecule has 58 heavy (non-hydrogen) atoms. The lowest BCUT2D eigenvalue weighted by atomic mass is 9.47. The smallest absolute Gasteiger partial charge is 0.338 e. The first-order valence-corrected chi connectivity index (χ1v) is 19.9. The van der Waals surface area contributed by atoms with Gasteiger partial charge in [0.1, 0.15) is 5.69 Å². The third-order valence-electron chi connectivity index (χ3n) is 12.1. The number of nitro benzene ring substituents is 1. The van der Waals surface area contributed by atoms with Crippen LogP contribution in [-0.4, -0.2) is 33.9 Å². The fourth-order valence-electron chi connectivity index (χ4n) is 9.93. The number of hydrogen-bond acceptors (Lipinski definition) is 9. The van der Waals surface area contributed by atoms with Crippen molar-refractivity contribution in [2.24, 2.45) is 16.8 Å². The molecule has 3 heterocycles. The number of aromatic nitrogens is 1. The first-order chi connectivity index (χ1) is 28.1. The van der Waals surface area contributed by atoms with Gasteiger partial charge in [-0.1, -0.05) is 114 Å². The zero-order valence-electron chi connectivity index (χ0n) is 30.9. The van der Waals surface area contributed by atoms with Crippen LogP contribution in [0, 0.1) is 22.0 Å². The van der Waals surface area contributed by atoms with E-state index >= 15 is 9.59 Å². The van der Waals surface area contributed by atoms with E-state index in [4.69, 9.17) is 21.3 Å². The van der Waals surface area contributed by atoms with E-state index in [-0.39, 0.29) is 27.4 Å². The normalized spacial score (nSPS) is 23.0. The molecule has 286 valence electrons. The van der Waals surface area contributed by atoms with Crippen LogP contribution in [0.15, 0.2) is 130 Å². The Balaban J connectivity index is 1.26. The van der Waals surface area contributed by atoms with Crippen LogP contribution in [0.2, 0.25) is 5.02 Å². The number of nitrogens with zero attached hydrogens (tertiary/aromatic N) is 4. The third-order valence-corrected chi connectivity index (χ3v) is 13.3. The van der Waals surface area contributed by atoms with Gasteiger partial charge >= 0.3 is 5.97 Å². The highest BCUT2D eigenvalue weighted by Gasteiger charge is 2.68. The highest BCUT2D eigenvalue weighted by atomic mass is 35.5. The molecule has 0 radical (unpaired) electrons. The number of ether oxygens (including phenoxy) is 1. The van der Waals surface area contributed by atoms with E-state index in [1.54, 1.807) is 19.9 Å². The second-order valence-electron chi connectivity index (χ2n) is 14.8. The number of imide groups is 1. The van der Waals surface area contributed by atoms with Gasteiger partial charge in [-0.2, -0.15) is 0 Å². The summed E-state index contributed by atoms with van der Waals surface area (Å²) in [7, 11) is 0. The van der Waals surface area contributed by atoms with Gasteiger partial charge in [-0.15, -0.1) is 0 Å². The summed E-state index contributed by atoms with van der Waals surface area (Å²) in [6, 6.07) is 31.7. The second kappa shape index (κ2) is 13.0. The first-order valence-electron chi connectivity index (χ1n) is 18.8. The predicted octanol–water partition coefficient (Wildman–Crippen LogP) is 6.72. The predicted molar refractivity (Wildman–Crippen MR) is 218 cm³/mol. The highest BCUT2D eigenvalue weighted by molar-refractivity contribution is 7.07. The van der Waals surface area contributed by atoms with Gasteiger partial charge in [0.2, 0.25) is 11.8 Å². The molecular weight excluding hydrogens is 776 g/mol. The van der Waals surface area contributed by atoms with Crippen molar-refractivity contribution < 1.29 is 24.0 Å². The van der Waals surface area contributed by atoms with Gasteiger partial charge in [-0.3, -0.25) is 29.1 Å². The van der Waals surface area contributed by atoms with Gasteiger partial charge in [-0.25, -0.2) is 14.7 Å². The van der Waals surface area contributed by atoms with Crippen molar-refractivity contribution >= 4 is 68.9 Å². The fourth-order valence-corrected chi connectivity index (χ4v) is 11.2. The minimum Gasteiger partial charge on any atom is -0.463 e. The van der Waals surface area contributed by atoms with E-state index in [0.29, 0.717) is 16.1 Å². The number of carbonyl (C=O) groups is 3. The average Bonchev–Trinajstić information content (AvgIpc) is 3.67. The molecule has 11 rings (SSSR count). The van der Waals surface area contributed by atoms with Crippen molar-refractivity contribution in [2.75, 3.05) is 11.5 Å². The summed E-state index contributed by atoms with van der Waals surface area (Å²) in [6.07, 6.45) is 1.80. The number of nitro groups is 1. The van der Waals surface area contributed by atoms with Gasteiger partial charge in [0.05, 0.1) is 50.6 Å². The van der Waals surface area contributed by atoms with Crippen molar-refractivity contribution in [3.8, 4) is 0 Å². The zero-order chi connectivity index (χ0) is 40.2. The molecule has 3 aliphatic carbocycles. The lowest BCUT2D eigenvalue weighted by Gasteiger charge is -2.53. The van der Waals surface area contributed by atoms with Crippen LogP contribution in [0.25, 0.3) is 16.8 Å². The van der Waals surface area contributed by atoms with Crippen LogP contribution < -0.4 is 19.8 Å². The Morgan fingerprint density at radius 2 is 1.57 bits per heavy atom. The Labute approximate surface area is 338 Å². The quantitative estimate of drug-likeness (QED) is 0.0788. The summed E-state index contributed by atoms with van der Waals surface area (Å²) < 4.78 is 7.34. The molecule has 6 aromatic rings. The van der Waals surface area contributed by atoms with E-state index in [0.717, 1.165) is 55.3 Å². The number of benzene rings is 5. The van der Waals surface area contributed by atoms with Crippen LogP contribution in [0.5, 0.6) is 0 Å². The monoisotopic (exact) mass is 806 g/mol. The molecule has 1 saturated heterocycles. The van der Waals surface area contributed by atoms with Crippen LogP contribution in [0.1, 0.15) is 53.6 Å². The van der Waals surface area contributed by atoms with Gasteiger partial charge in [0.15, 0.2) is 4.80 Å². The van der Waals surface area contributed by atoms with E-state index in [2.05, 4.69) is 0 Å². The molecule has 0 unspecified atom stereocenters. The standard InChI is InChI=1S/C45H31ClN4O7S/c1-3-57-43(54)35-23(2)47-44-49(39(35)27-16-10-12-24-11-4-5-13-26(24)27)40(51)34(58-44)22-45-30-17-8-6-14-28(30)36(29-15-7-9-18-31(29)45)37-38(45)42(53)48(41(37)52)32-20-19-25(46)21-33(32)50(55)56/h4-22,36-39H,3H2,1-2H3/b34-22+/t36?,37-,38-,39-,45?/m0/s1. The Morgan fingerprint density at radius 3 is 2.28 bits per heavy atom. The van der Waals surface area contributed by atoms with Crippen LogP contribution >= 0.6 is 22.9 Å². The van der Waals surface area contributed by atoms with Crippen molar-refractivity contribution in [3.63, 3.8) is 0 Å². The number of carbonyl (C=O) groups excluding carboxylic acids is 3. The molecule has 2 aliphatic heterocycles. The Morgan fingerprint density at radius 1 is 0.914 bits per heavy atom. The zero-order valence-corrected chi connectivity index (χ0v) is 32.5. The summed E-state index contributed by atoms with van der Waals surface area (Å²) in [5, 5.41) is 14.2. The number of hydrogen-bond donors (Lipinski definition) is 0. The van der Waals surface area contributed by atoms with E-state index in [9.17, 15) is 19.7 Å². The fraction of sp³-hybridized carbons (Fsp3) is 0.178. The van der Waals surface area contributed by atoms with Crippen molar-refractivity contribution in [1.29, 1.82) is 0 Å². The number of anilines is 1. The lowest BCUT2D eigenvalue weighted by Crippen LogP contribution is -2.53. The van der Waals surface area contributed by atoms with Gasteiger partial charge < -0.3 is 4.74 Å². The molecule has 0 spiro atoms. The number of fused-ring (bicyclic) bond motifs is 2. The van der Waals surface area contributed by atoms with Gasteiger partial charge in [0, 0.05) is 17.0 Å². The molecule has 1 fully saturated rings. The lowest BCUT2D eigenvalue weighted by molar-refractivity contribution is -0.384. The number of allylic oxidation sites excluding steroid dienone is 1. The number of halogens is 1. The summed E-state index contributed by atoms with van der Waals surface area (Å²) in [6.45, 7) is 3.57. The van der Waals surface area contributed by atoms with Gasteiger partial charge in [-0.05, 0) is 70.6 Å². The molecule has 1 aromatic heterocycles. The minimum absolute atomic E-state index is 0.0850. The number of thiazole rings is 1. The summed E-state index contributed by atoms with van der Waals surface area (Å²) in [5.41, 5.74) is 2.08. The molecule has 13 heteroatoms. The number of esters is 1. The molecule has 0 N–H and O–H groups in total. The van der Waals surface area contributed by atoms with Crippen LogP contribution in [-0.2, 0) is 24.5 Å².